The summed E-state index contributed by atoms with van der Waals surface area (Å²) < 4.78 is 8.32. The smallest absolute Gasteiger partial charge is 0.335 e. The van der Waals surface area contributed by atoms with E-state index in [2.05, 4.69) is 12.2 Å². The first kappa shape index (κ1) is 23.3. The quantitative estimate of drug-likeness (QED) is 0.470. The second-order valence-corrected chi connectivity index (χ2v) is 7.87. The zero-order valence-electron chi connectivity index (χ0n) is 18.6. The van der Waals surface area contributed by atoms with Gasteiger partial charge in [-0.15, -0.1) is 0 Å². The normalized spacial score (nSPS) is 12.1. The first-order chi connectivity index (χ1) is 15.3. The Morgan fingerprint density at radius 3 is 2.50 bits per heavy atom. The molecular weight excluding hydrogens is 410 g/mol. The summed E-state index contributed by atoms with van der Waals surface area (Å²) in [6.45, 7) is 5.83. The topological polar surface area (TPSA) is 103 Å². The Morgan fingerprint density at radius 2 is 1.84 bits per heavy atom. The molecule has 0 amide bonds. The van der Waals surface area contributed by atoms with Crippen LogP contribution in [-0.4, -0.2) is 39.9 Å². The van der Waals surface area contributed by atoms with Crippen LogP contribution >= 0.6 is 0 Å². The van der Waals surface area contributed by atoms with Crippen molar-refractivity contribution in [3.63, 3.8) is 0 Å². The molecule has 0 saturated heterocycles. The molecule has 3 rings (SSSR count). The third-order valence-corrected chi connectivity index (χ3v) is 5.37. The molecule has 0 aliphatic carbocycles. The van der Waals surface area contributed by atoms with Crippen molar-refractivity contribution in [3.8, 4) is 11.4 Å². The van der Waals surface area contributed by atoms with Crippen molar-refractivity contribution < 1.29 is 14.6 Å². The minimum Gasteiger partial charge on any atom is -0.492 e. The monoisotopic (exact) mass is 439 g/mol. The molecule has 1 heterocycles. The Hall–Kier alpha value is -3.39. The predicted octanol–water partition coefficient (Wildman–Crippen LogP) is 2.33. The molecule has 8 nitrogen and oxygen atoms in total. The molecule has 0 spiro atoms. The fourth-order valence-electron chi connectivity index (χ4n) is 3.52. The van der Waals surface area contributed by atoms with Gasteiger partial charge < -0.3 is 15.2 Å². The molecule has 0 aliphatic heterocycles. The van der Waals surface area contributed by atoms with Gasteiger partial charge in [-0.1, -0.05) is 26.0 Å². The largest absolute Gasteiger partial charge is 0.492 e. The molecule has 1 unspecified atom stereocenters. The predicted molar refractivity (Wildman–Crippen MR) is 124 cm³/mol. The van der Waals surface area contributed by atoms with Gasteiger partial charge in [-0.3, -0.25) is 14.2 Å². The molecule has 0 saturated carbocycles. The molecule has 0 radical (unpaired) electrons. The number of carboxylic acid groups (broad SMARTS) is 1. The van der Waals surface area contributed by atoms with E-state index < -0.39 is 23.1 Å². The summed E-state index contributed by atoms with van der Waals surface area (Å²) >= 11 is 0. The van der Waals surface area contributed by atoms with Crippen LogP contribution in [0.3, 0.4) is 0 Å². The van der Waals surface area contributed by atoms with Crippen LogP contribution in [-0.2, 0) is 18.3 Å². The third-order valence-electron chi connectivity index (χ3n) is 5.37. The molecule has 0 bridgehead atoms. The number of aryl methyl sites for hydroxylation is 1. The van der Waals surface area contributed by atoms with Crippen molar-refractivity contribution in [1.82, 2.24) is 14.5 Å². The van der Waals surface area contributed by atoms with Gasteiger partial charge in [-0.05, 0) is 55.3 Å². The summed E-state index contributed by atoms with van der Waals surface area (Å²) in [6.07, 6.45) is 1.41. The number of benzene rings is 2. The highest BCUT2D eigenvalue weighted by Crippen LogP contribution is 2.18. The molecule has 0 aliphatic rings. The number of hydrogen-bond donors (Lipinski definition) is 2. The van der Waals surface area contributed by atoms with Gasteiger partial charge in [0.15, 0.2) is 0 Å². The molecule has 1 aromatic heterocycles. The van der Waals surface area contributed by atoms with Crippen LogP contribution in [0, 0.1) is 5.92 Å². The Labute approximate surface area is 186 Å². The minimum absolute atomic E-state index is 0.369. The molecule has 8 heteroatoms. The maximum atomic E-state index is 13.2. The molecule has 32 heavy (non-hydrogen) atoms. The maximum Gasteiger partial charge on any atom is 0.335 e. The van der Waals surface area contributed by atoms with Crippen molar-refractivity contribution in [2.24, 2.45) is 13.0 Å². The third kappa shape index (κ3) is 5.08. The van der Waals surface area contributed by atoms with E-state index in [1.165, 1.54) is 4.57 Å². The van der Waals surface area contributed by atoms with Gasteiger partial charge in [0.2, 0.25) is 0 Å². The van der Waals surface area contributed by atoms with Crippen molar-refractivity contribution in [2.75, 3.05) is 19.7 Å². The van der Waals surface area contributed by atoms with E-state index in [4.69, 9.17) is 9.84 Å². The first-order valence-corrected chi connectivity index (χ1v) is 10.7. The number of nitrogens with one attached hydrogen (secondary N) is 1. The fourth-order valence-corrected chi connectivity index (χ4v) is 3.52. The van der Waals surface area contributed by atoms with Crippen LogP contribution in [0.25, 0.3) is 16.6 Å². The summed E-state index contributed by atoms with van der Waals surface area (Å²) in [5.41, 5.74) is 0.900. The molecule has 3 aromatic rings. The van der Waals surface area contributed by atoms with Crippen LogP contribution in [0.2, 0.25) is 0 Å². The van der Waals surface area contributed by atoms with Crippen molar-refractivity contribution in [2.45, 2.75) is 26.7 Å². The standard InChI is InChI=1S/C24H29N3O5/c1-4-11-25-12-13-32-19-9-10-21-20(15-19)22(28)27(24(31)26(21)3)18-7-5-17(6-8-18)14-16(2)23(29)30/h5-10,15-16,25H,4,11-14H2,1-3H3,(H,29,30). The number of rotatable bonds is 10. The van der Waals surface area contributed by atoms with Gasteiger partial charge in [0, 0.05) is 13.6 Å². The van der Waals surface area contributed by atoms with Gasteiger partial charge in [-0.25, -0.2) is 9.36 Å². The van der Waals surface area contributed by atoms with Gasteiger partial charge in [0.25, 0.3) is 5.56 Å². The molecule has 2 N–H and O–H groups in total. The molecule has 0 fully saturated rings. The van der Waals surface area contributed by atoms with Crippen molar-refractivity contribution in [1.29, 1.82) is 0 Å². The lowest BCUT2D eigenvalue weighted by Crippen LogP contribution is -2.37. The lowest BCUT2D eigenvalue weighted by molar-refractivity contribution is -0.141. The summed E-state index contributed by atoms with van der Waals surface area (Å²) in [6, 6.07) is 12.0. The van der Waals surface area contributed by atoms with Gasteiger partial charge in [0.1, 0.15) is 12.4 Å². The average molecular weight is 440 g/mol. The molecule has 170 valence electrons. The van der Waals surface area contributed by atoms with Crippen LogP contribution in [0.15, 0.2) is 52.1 Å². The average Bonchev–Trinajstić information content (AvgIpc) is 2.78. The number of carboxylic acids is 1. The number of fused-ring (bicyclic) bond motifs is 1. The van der Waals surface area contributed by atoms with Crippen LogP contribution < -0.4 is 21.3 Å². The zero-order valence-corrected chi connectivity index (χ0v) is 18.6. The van der Waals surface area contributed by atoms with Crippen LogP contribution in [0.5, 0.6) is 5.75 Å². The van der Waals surface area contributed by atoms with Crippen molar-refractivity contribution >= 4 is 16.9 Å². The number of aliphatic carboxylic acids is 1. The van der Waals surface area contributed by atoms with Crippen LogP contribution in [0.1, 0.15) is 25.8 Å². The summed E-state index contributed by atoms with van der Waals surface area (Å²) in [5.74, 6) is -0.823. The van der Waals surface area contributed by atoms with Gasteiger partial charge >= 0.3 is 11.7 Å². The fraction of sp³-hybridized carbons (Fsp3) is 0.375. The maximum absolute atomic E-state index is 13.2. The Kier molecular flexibility index (Phi) is 7.48. The van der Waals surface area contributed by atoms with Crippen molar-refractivity contribution in [3.05, 3.63) is 68.9 Å². The second-order valence-electron chi connectivity index (χ2n) is 7.87. The minimum atomic E-state index is -0.868. The van der Waals surface area contributed by atoms with E-state index in [-0.39, 0.29) is 0 Å². The molecular formula is C24H29N3O5. The number of carbonyl (C=O) groups is 1. The number of aromatic nitrogens is 2. The highest BCUT2D eigenvalue weighted by Gasteiger charge is 2.15. The SMILES string of the molecule is CCCNCCOc1ccc2c(c1)c(=O)n(-c1ccc(CC(C)C(=O)O)cc1)c(=O)n2C. The van der Waals surface area contributed by atoms with E-state index in [0.717, 1.165) is 23.1 Å². The molecule has 2 aromatic carbocycles. The number of hydrogen-bond acceptors (Lipinski definition) is 5. The van der Waals surface area contributed by atoms with E-state index in [1.54, 1.807) is 56.4 Å². The van der Waals surface area contributed by atoms with Gasteiger partial charge in [-0.2, -0.15) is 0 Å². The van der Waals surface area contributed by atoms with E-state index in [9.17, 15) is 14.4 Å². The summed E-state index contributed by atoms with van der Waals surface area (Å²) in [7, 11) is 1.62. The van der Waals surface area contributed by atoms with Gasteiger partial charge in [0.05, 0.1) is 22.5 Å². The number of ether oxygens (including phenoxy) is 1. The summed E-state index contributed by atoms with van der Waals surface area (Å²) in [4.78, 5) is 37.2. The summed E-state index contributed by atoms with van der Waals surface area (Å²) in [5, 5.41) is 12.7. The van der Waals surface area contributed by atoms with E-state index in [1.807, 2.05) is 0 Å². The Bertz CT molecular complexity index is 1210. The Morgan fingerprint density at radius 1 is 1.12 bits per heavy atom. The lowest BCUT2D eigenvalue weighted by Gasteiger charge is -2.13. The molecule has 1 atom stereocenters. The van der Waals surface area contributed by atoms with E-state index >= 15 is 0 Å². The second kappa shape index (κ2) is 10.3. The van der Waals surface area contributed by atoms with E-state index in [0.29, 0.717) is 41.9 Å². The zero-order chi connectivity index (χ0) is 23.3. The number of nitrogens with zero attached hydrogens (tertiary/aromatic N) is 2. The lowest BCUT2D eigenvalue weighted by atomic mass is 10.0. The van der Waals surface area contributed by atoms with Crippen LogP contribution in [0.4, 0.5) is 0 Å². The Balaban J connectivity index is 1.94. The highest BCUT2D eigenvalue weighted by atomic mass is 16.5. The first-order valence-electron chi connectivity index (χ1n) is 10.7. The highest BCUT2D eigenvalue weighted by molar-refractivity contribution is 5.80.